The Kier molecular flexibility index (Phi) is 5.32. The highest BCUT2D eigenvalue weighted by molar-refractivity contribution is 9.10. The second kappa shape index (κ2) is 8.27. The number of halogens is 1. The van der Waals surface area contributed by atoms with Crippen molar-refractivity contribution in [3.8, 4) is 17.2 Å². The summed E-state index contributed by atoms with van der Waals surface area (Å²) in [5.41, 5.74) is 4.29. The van der Waals surface area contributed by atoms with E-state index in [1.807, 2.05) is 55.5 Å². The van der Waals surface area contributed by atoms with Crippen LogP contribution in [-0.4, -0.2) is 24.4 Å². The Bertz CT molecular complexity index is 1110. The van der Waals surface area contributed by atoms with Crippen LogP contribution in [0.5, 0.6) is 17.2 Å². The number of ether oxygens (including phenoxy) is 3. The van der Waals surface area contributed by atoms with Crippen LogP contribution in [0.25, 0.3) is 0 Å². The first-order chi connectivity index (χ1) is 15.2. The SMILES string of the molecule is CCOc1cccc2c1OC(c1ccc(OC)cc1)N1N=C(c3ccc(Br)cc3)CC21. The maximum atomic E-state index is 6.54. The van der Waals surface area contributed by atoms with Gasteiger partial charge in [0.1, 0.15) is 5.75 Å². The average molecular weight is 479 g/mol. The lowest BCUT2D eigenvalue weighted by Gasteiger charge is -2.38. The first-order valence-electron chi connectivity index (χ1n) is 10.4. The normalized spacial score (nSPS) is 19.2. The van der Waals surface area contributed by atoms with Gasteiger partial charge in [-0.3, -0.25) is 0 Å². The van der Waals surface area contributed by atoms with Gasteiger partial charge in [0, 0.05) is 22.0 Å². The summed E-state index contributed by atoms with van der Waals surface area (Å²) in [4.78, 5) is 0. The lowest BCUT2D eigenvalue weighted by Crippen LogP contribution is -2.33. The zero-order valence-corrected chi connectivity index (χ0v) is 19.0. The van der Waals surface area contributed by atoms with Crippen molar-refractivity contribution in [2.75, 3.05) is 13.7 Å². The molecule has 2 atom stereocenters. The number of para-hydroxylation sites is 1. The number of hydrazone groups is 1. The molecule has 0 fully saturated rings. The topological polar surface area (TPSA) is 43.3 Å². The molecule has 0 saturated heterocycles. The Morgan fingerprint density at radius 2 is 1.84 bits per heavy atom. The summed E-state index contributed by atoms with van der Waals surface area (Å²) in [6.45, 7) is 2.57. The van der Waals surface area contributed by atoms with Crippen molar-refractivity contribution in [1.82, 2.24) is 5.01 Å². The molecule has 6 heteroatoms. The lowest BCUT2D eigenvalue weighted by atomic mass is 9.95. The number of rotatable bonds is 5. The number of fused-ring (bicyclic) bond motifs is 3. The van der Waals surface area contributed by atoms with E-state index in [0.29, 0.717) is 6.61 Å². The molecule has 2 unspecified atom stereocenters. The highest BCUT2D eigenvalue weighted by Crippen LogP contribution is 2.50. The van der Waals surface area contributed by atoms with Crippen LogP contribution in [0.4, 0.5) is 0 Å². The molecule has 0 bridgehead atoms. The zero-order chi connectivity index (χ0) is 21.4. The Morgan fingerprint density at radius 1 is 1.06 bits per heavy atom. The monoisotopic (exact) mass is 478 g/mol. The third-order valence-electron chi connectivity index (χ3n) is 5.66. The van der Waals surface area contributed by atoms with Crippen molar-refractivity contribution in [3.63, 3.8) is 0 Å². The molecule has 3 aromatic carbocycles. The first-order valence-corrected chi connectivity index (χ1v) is 11.1. The second-order valence-corrected chi connectivity index (χ2v) is 8.42. The van der Waals surface area contributed by atoms with Crippen LogP contribution < -0.4 is 14.2 Å². The largest absolute Gasteiger partial charge is 0.497 e. The first kappa shape index (κ1) is 19.9. The fourth-order valence-electron chi connectivity index (χ4n) is 4.16. The van der Waals surface area contributed by atoms with E-state index in [2.05, 4.69) is 39.1 Å². The molecule has 31 heavy (non-hydrogen) atoms. The summed E-state index contributed by atoms with van der Waals surface area (Å²) in [7, 11) is 1.67. The van der Waals surface area contributed by atoms with Crippen LogP contribution >= 0.6 is 15.9 Å². The number of hydrogen-bond acceptors (Lipinski definition) is 5. The van der Waals surface area contributed by atoms with Gasteiger partial charge in [0.05, 0.1) is 25.5 Å². The minimum Gasteiger partial charge on any atom is -0.497 e. The Morgan fingerprint density at radius 3 is 2.55 bits per heavy atom. The molecule has 5 nitrogen and oxygen atoms in total. The van der Waals surface area contributed by atoms with E-state index in [0.717, 1.165) is 50.5 Å². The Labute approximate surface area is 190 Å². The maximum absolute atomic E-state index is 6.54. The summed E-state index contributed by atoms with van der Waals surface area (Å²) < 4.78 is 18.8. The molecule has 0 saturated carbocycles. The lowest BCUT2D eigenvalue weighted by molar-refractivity contribution is -0.0212. The van der Waals surface area contributed by atoms with Crippen molar-refractivity contribution in [3.05, 3.63) is 87.9 Å². The van der Waals surface area contributed by atoms with E-state index >= 15 is 0 Å². The van der Waals surface area contributed by atoms with Crippen molar-refractivity contribution in [2.45, 2.75) is 25.6 Å². The third kappa shape index (κ3) is 3.65. The van der Waals surface area contributed by atoms with Crippen molar-refractivity contribution in [1.29, 1.82) is 0 Å². The number of hydrogen-bond donors (Lipinski definition) is 0. The van der Waals surface area contributed by atoms with E-state index in [1.165, 1.54) is 0 Å². The summed E-state index contributed by atoms with van der Waals surface area (Å²) in [6.07, 6.45) is 0.457. The predicted molar refractivity (Wildman–Crippen MR) is 124 cm³/mol. The van der Waals surface area contributed by atoms with E-state index in [9.17, 15) is 0 Å². The van der Waals surface area contributed by atoms with Gasteiger partial charge in [-0.15, -0.1) is 0 Å². The fourth-order valence-corrected chi connectivity index (χ4v) is 4.42. The van der Waals surface area contributed by atoms with E-state index in [-0.39, 0.29) is 12.3 Å². The summed E-state index contributed by atoms with van der Waals surface area (Å²) in [5, 5.41) is 7.10. The van der Waals surface area contributed by atoms with Gasteiger partial charge in [-0.1, -0.05) is 40.2 Å². The third-order valence-corrected chi connectivity index (χ3v) is 6.19. The van der Waals surface area contributed by atoms with E-state index in [1.54, 1.807) is 7.11 Å². The molecular formula is C25H23BrN2O3. The Hall–Kier alpha value is -2.99. The van der Waals surface area contributed by atoms with Gasteiger partial charge >= 0.3 is 0 Å². The van der Waals surface area contributed by atoms with Gasteiger partial charge in [0.15, 0.2) is 11.5 Å². The van der Waals surface area contributed by atoms with Crippen LogP contribution in [0.1, 0.15) is 42.3 Å². The molecule has 2 aliphatic heterocycles. The molecule has 0 N–H and O–H groups in total. The smallest absolute Gasteiger partial charge is 0.214 e. The van der Waals surface area contributed by atoms with Crippen LogP contribution in [0, 0.1) is 0 Å². The molecule has 0 aromatic heterocycles. The van der Waals surface area contributed by atoms with Gasteiger partial charge in [0.25, 0.3) is 0 Å². The molecule has 0 radical (unpaired) electrons. The molecule has 0 amide bonds. The number of methoxy groups -OCH3 is 1. The highest BCUT2D eigenvalue weighted by Gasteiger charge is 2.42. The molecule has 5 rings (SSSR count). The maximum Gasteiger partial charge on any atom is 0.214 e. The van der Waals surface area contributed by atoms with Crippen molar-refractivity contribution < 1.29 is 14.2 Å². The van der Waals surface area contributed by atoms with Gasteiger partial charge < -0.3 is 14.2 Å². The minimum atomic E-state index is -0.349. The molecule has 0 spiro atoms. The summed E-state index contributed by atoms with van der Waals surface area (Å²) in [5.74, 6) is 2.39. The highest BCUT2D eigenvalue weighted by atomic mass is 79.9. The van der Waals surface area contributed by atoms with Crippen molar-refractivity contribution in [2.24, 2.45) is 5.10 Å². The number of benzene rings is 3. The summed E-state index contributed by atoms with van der Waals surface area (Å²) >= 11 is 3.52. The van der Waals surface area contributed by atoms with Gasteiger partial charge in [-0.2, -0.15) is 5.10 Å². The standard InChI is InChI=1S/C25H23BrN2O3/c1-3-30-23-6-4-5-20-22-15-21(16-7-11-18(26)12-8-16)27-28(22)25(31-24(20)23)17-9-13-19(29-2)14-10-17/h4-14,22,25H,3,15H2,1-2H3. The number of nitrogens with zero attached hydrogens (tertiary/aromatic N) is 2. The Balaban J connectivity index is 1.59. The fraction of sp³-hybridized carbons (Fsp3) is 0.240. The van der Waals surface area contributed by atoms with Crippen LogP contribution in [-0.2, 0) is 0 Å². The predicted octanol–water partition coefficient (Wildman–Crippen LogP) is 6.10. The van der Waals surface area contributed by atoms with Crippen LogP contribution in [0.2, 0.25) is 0 Å². The molecule has 2 aliphatic rings. The van der Waals surface area contributed by atoms with Crippen LogP contribution in [0.3, 0.4) is 0 Å². The summed E-state index contributed by atoms with van der Waals surface area (Å²) in [6, 6.07) is 22.4. The molecular weight excluding hydrogens is 456 g/mol. The second-order valence-electron chi connectivity index (χ2n) is 7.50. The average Bonchev–Trinajstić information content (AvgIpc) is 3.25. The van der Waals surface area contributed by atoms with Gasteiger partial charge in [-0.25, -0.2) is 5.01 Å². The van der Waals surface area contributed by atoms with Gasteiger partial charge in [0.2, 0.25) is 6.23 Å². The van der Waals surface area contributed by atoms with E-state index < -0.39 is 0 Å². The molecule has 158 valence electrons. The van der Waals surface area contributed by atoms with Gasteiger partial charge in [-0.05, 0) is 55.0 Å². The zero-order valence-electron chi connectivity index (χ0n) is 17.4. The molecule has 0 aliphatic carbocycles. The van der Waals surface area contributed by atoms with Crippen LogP contribution in [0.15, 0.2) is 76.3 Å². The molecule has 3 aromatic rings. The quantitative estimate of drug-likeness (QED) is 0.444. The molecule has 2 heterocycles. The van der Waals surface area contributed by atoms with Crippen molar-refractivity contribution >= 4 is 21.6 Å². The minimum absolute atomic E-state index is 0.0786. The van der Waals surface area contributed by atoms with E-state index in [4.69, 9.17) is 19.3 Å².